The van der Waals surface area contributed by atoms with Crippen molar-refractivity contribution in [2.75, 3.05) is 37.4 Å². The Hall–Kier alpha value is -2.59. The molecular weight excluding hydrogens is 416 g/mol. The molecule has 5 rings (SSSR count). The van der Waals surface area contributed by atoms with Crippen LogP contribution in [-0.2, 0) is 22.6 Å². The number of hydrogen-bond acceptors (Lipinski definition) is 6. The van der Waals surface area contributed by atoms with Crippen LogP contribution in [0.3, 0.4) is 0 Å². The predicted molar refractivity (Wildman–Crippen MR) is 119 cm³/mol. The Morgan fingerprint density at radius 2 is 2.00 bits per heavy atom. The van der Waals surface area contributed by atoms with Crippen LogP contribution in [0.25, 0.3) is 11.6 Å². The SMILES string of the molecule is O=C1Nc2ccc(CN3C(=O)SCC3O)cc2/C1=C/c1cc(CN2CCOCC2)c[nH]1. The number of nitrogens with zero attached hydrogens (tertiary/aromatic N) is 2. The molecule has 4 heterocycles. The van der Waals surface area contributed by atoms with Crippen LogP contribution in [-0.4, -0.2) is 69.3 Å². The van der Waals surface area contributed by atoms with E-state index in [1.54, 1.807) is 0 Å². The molecule has 2 fully saturated rings. The number of aliphatic hydroxyl groups excluding tert-OH is 1. The third-order valence-corrected chi connectivity index (χ3v) is 6.69. The van der Waals surface area contributed by atoms with E-state index in [2.05, 4.69) is 21.3 Å². The van der Waals surface area contributed by atoms with E-state index in [-0.39, 0.29) is 11.1 Å². The Bertz CT molecular complexity index is 1040. The summed E-state index contributed by atoms with van der Waals surface area (Å²) in [5.41, 5.74) is 5.05. The predicted octanol–water partition coefficient (Wildman–Crippen LogP) is 2.33. The van der Waals surface area contributed by atoms with E-state index in [1.165, 1.54) is 10.5 Å². The molecule has 2 saturated heterocycles. The summed E-state index contributed by atoms with van der Waals surface area (Å²) in [7, 11) is 0. The van der Waals surface area contributed by atoms with Gasteiger partial charge in [0.25, 0.3) is 11.1 Å². The fourth-order valence-corrected chi connectivity index (χ4v) is 4.91. The number of fused-ring (bicyclic) bond motifs is 1. The second kappa shape index (κ2) is 8.51. The van der Waals surface area contributed by atoms with E-state index >= 15 is 0 Å². The summed E-state index contributed by atoms with van der Waals surface area (Å²) in [5.74, 6) is 0.235. The van der Waals surface area contributed by atoms with Crippen molar-refractivity contribution in [3.63, 3.8) is 0 Å². The minimum absolute atomic E-state index is 0.128. The van der Waals surface area contributed by atoms with Gasteiger partial charge in [-0.3, -0.25) is 14.5 Å². The molecule has 2 amide bonds. The molecule has 1 atom stereocenters. The number of benzene rings is 1. The summed E-state index contributed by atoms with van der Waals surface area (Å²) in [4.78, 5) is 31.6. The number of ether oxygens (including phenoxy) is 1. The lowest BCUT2D eigenvalue weighted by atomic mass is 10.0. The molecule has 0 radical (unpaired) electrons. The number of H-pyrrole nitrogens is 1. The smallest absolute Gasteiger partial charge is 0.284 e. The molecular formula is C22H24N4O4S. The molecule has 8 nitrogen and oxygen atoms in total. The fourth-order valence-electron chi connectivity index (χ4n) is 4.09. The highest BCUT2D eigenvalue weighted by Gasteiger charge is 2.31. The zero-order valence-corrected chi connectivity index (χ0v) is 17.8. The number of anilines is 1. The van der Waals surface area contributed by atoms with Gasteiger partial charge in [0.15, 0.2) is 0 Å². The van der Waals surface area contributed by atoms with E-state index in [1.807, 2.05) is 30.5 Å². The molecule has 0 spiro atoms. The van der Waals surface area contributed by atoms with Crippen molar-refractivity contribution in [1.29, 1.82) is 0 Å². The van der Waals surface area contributed by atoms with Crippen molar-refractivity contribution in [3.8, 4) is 0 Å². The molecule has 0 aliphatic carbocycles. The summed E-state index contributed by atoms with van der Waals surface area (Å²) in [5, 5.41) is 12.8. The third-order valence-electron chi connectivity index (χ3n) is 5.74. The van der Waals surface area contributed by atoms with E-state index in [9.17, 15) is 14.7 Å². The number of aliphatic hydroxyl groups is 1. The highest BCUT2D eigenvalue weighted by Crippen LogP contribution is 2.35. The van der Waals surface area contributed by atoms with E-state index in [4.69, 9.17) is 4.74 Å². The highest BCUT2D eigenvalue weighted by atomic mass is 32.2. The Morgan fingerprint density at radius 3 is 2.77 bits per heavy atom. The first kappa shape index (κ1) is 20.3. The number of hydrogen-bond donors (Lipinski definition) is 3. The van der Waals surface area contributed by atoms with Gasteiger partial charge in [-0.15, -0.1) is 0 Å². The summed E-state index contributed by atoms with van der Waals surface area (Å²) < 4.78 is 5.40. The van der Waals surface area contributed by atoms with Gasteiger partial charge < -0.3 is 25.0 Å². The van der Waals surface area contributed by atoms with Crippen LogP contribution < -0.4 is 5.32 Å². The number of carbonyl (C=O) groups excluding carboxylic acids is 2. The number of aromatic nitrogens is 1. The molecule has 3 N–H and O–H groups in total. The van der Waals surface area contributed by atoms with Crippen LogP contribution in [0.15, 0.2) is 30.5 Å². The summed E-state index contributed by atoms with van der Waals surface area (Å²) >= 11 is 1.12. The number of morpholine rings is 1. The van der Waals surface area contributed by atoms with Crippen molar-refractivity contribution < 1.29 is 19.4 Å². The zero-order chi connectivity index (χ0) is 21.4. The van der Waals surface area contributed by atoms with Gasteiger partial charge in [-0.2, -0.15) is 0 Å². The van der Waals surface area contributed by atoms with Gasteiger partial charge in [-0.05, 0) is 35.4 Å². The molecule has 31 heavy (non-hydrogen) atoms. The third kappa shape index (κ3) is 4.27. The van der Waals surface area contributed by atoms with Crippen LogP contribution >= 0.6 is 11.8 Å². The molecule has 2 aromatic rings. The summed E-state index contributed by atoms with van der Waals surface area (Å²) in [6.07, 6.45) is 3.06. The van der Waals surface area contributed by atoms with Crippen LogP contribution in [0.1, 0.15) is 22.4 Å². The molecule has 0 saturated carbocycles. The van der Waals surface area contributed by atoms with E-state index < -0.39 is 6.23 Å². The summed E-state index contributed by atoms with van der Waals surface area (Å²) in [6, 6.07) is 7.70. The molecule has 3 aliphatic heterocycles. The minimum atomic E-state index is -0.774. The van der Waals surface area contributed by atoms with Gasteiger partial charge in [0.2, 0.25) is 0 Å². The van der Waals surface area contributed by atoms with Gasteiger partial charge in [-0.1, -0.05) is 17.8 Å². The average molecular weight is 441 g/mol. The lowest BCUT2D eigenvalue weighted by Crippen LogP contribution is -2.35. The van der Waals surface area contributed by atoms with E-state index in [0.717, 1.165) is 67.1 Å². The van der Waals surface area contributed by atoms with Crippen LogP contribution in [0.4, 0.5) is 10.5 Å². The van der Waals surface area contributed by atoms with Crippen molar-refractivity contribution in [2.24, 2.45) is 0 Å². The number of nitrogens with one attached hydrogen (secondary N) is 2. The molecule has 9 heteroatoms. The Kier molecular flexibility index (Phi) is 5.58. The maximum Gasteiger partial charge on any atom is 0.284 e. The number of amides is 2. The average Bonchev–Trinajstić information content (AvgIpc) is 3.43. The van der Waals surface area contributed by atoms with Crippen molar-refractivity contribution in [1.82, 2.24) is 14.8 Å². The Balaban J connectivity index is 1.35. The normalized spacial score (nSPS) is 22.9. The lowest BCUT2D eigenvalue weighted by molar-refractivity contribution is -0.110. The lowest BCUT2D eigenvalue weighted by Gasteiger charge is -2.25. The van der Waals surface area contributed by atoms with Crippen LogP contribution in [0.2, 0.25) is 0 Å². The quantitative estimate of drug-likeness (QED) is 0.618. The molecule has 1 aromatic heterocycles. The summed E-state index contributed by atoms with van der Waals surface area (Å²) in [6.45, 7) is 4.53. The second-order valence-corrected chi connectivity index (χ2v) is 8.90. The highest BCUT2D eigenvalue weighted by molar-refractivity contribution is 8.13. The van der Waals surface area contributed by atoms with Gasteiger partial charge in [-0.25, -0.2) is 0 Å². The standard InChI is InChI=1S/C22H24N4O4S/c27-20-13-31-22(29)26(20)12-14-1-2-19-17(8-14)18(21(28)24-19)9-16-7-15(10-23-16)11-25-3-5-30-6-4-25/h1-2,7-10,20,23,27H,3-6,11-13H2,(H,24,28)/b18-9-. The number of thioether (sulfide) groups is 1. The van der Waals surface area contributed by atoms with Crippen LogP contribution in [0, 0.1) is 0 Å². The van der Waals surface area contributed by atoms with Crippen molar-refractivity contribution in [3.05, 3.63) is 52.8 Å². The van der Waals surface area contributed by atoms with Gasteiger partial charge in [0, 0.05) is 55.1 Å². The van der Waals surface area contributed by atoms with E-state index in [0.29, 0.717) is 17.9 Å². The molecule has 1 aromatic carbocycles. The minimum Gasteiger partial charge on any atom is -0.379 e. The topological polar surface area (TPSA) is 97.9 Å². The van der Waals surface area contributed by atoms with Crippen molar-refractivity contribution in [2.45, 2.75) is 19.3 Å². The maximum absolute atomic E-state index is 12.6. The van der Waals surface area contributed by atoms with Gasteiger partial charge in [0.05, 0.1) is 18.8 Å². The fraction of sp³-hybridized carbons (Fsp3) is 0.364. The first-order chi connectivity index (χ1) is 15.1. The van der Waals surface area contributed by atoms with Crippen LogP contribution in [0.5, 0.6) is 0 Å². The molecule has 0 bridgehead atoms. The Morgan fingerprint density at radius 1 is 1.16 bits per heavy atom. The monoisotopic (exact) mass is 440 g/mol. The number of rotatable bonds is 5. The molecule has 1 unspecified atom stereocenters. The zero-order valence-electron chi connectivity index (χ0n) is 17.0. The molecule has 3 aliphatic rings. The number of carbonyl (C=O) groups is 2. The molecule has 162 valence electrons. The largest absolute Gasteiger partial charge is 0.379 e. The second-order valence-electron chi connectivity index (χ2n) is 7.93. The van der Waals surface area contributed by atoms with Crippen molar-refractivity contribution >= 4 is 40.2 Å². The van der Waals surface area contributed by atoms with Gasteiger partial charge in [0.1, 0.15) is 6.23 Å². The first-order valence-corrected chi connectivity index (χ1v) is 11.3. The Labute approximate surface area is 184 Å². The maximum atomic E-state index is 12.6. The first-order valence-electron chi connectivity index (χ1n) is 10.3. The number of aromatic amines is 1. The van der Waals surface area contributed by atoms with Gasteiger partial charge >= 0.3 is 0 Å².